The van der Waals surface area contributed by atoms with Crippen molar-refractivity contribution in [1.29, 1.82) is 0 Å². The fourth-order valence-electron chi connectivity index (χ4n) is 9.76. The second-order valence-corrected chi connectivity index (χ2v) is 16.3. The van der Waals surface area contributed by atoms with Gasteiger partial charge in [0.15, 0.2) is 0 Å². The number of hydrogen-bond donors (Lipinski definition) is 0. The standard InChI is InChI=1S/C55H40N4/c1-55(2)47-23-13-15-25-50(47)59(54-33-39-27-29-56(51(39)35-48(54)55)41-18-8-4-9-19-41)44-31-40(37-16-6-3-7-17-37)30-43(34-44)58-49-24-14-12-22-45(49)46-32-38-26-28-57(52(38)36-53(46)58)42-20-10-5-11-21-42/h3-36H,1-2H3. The third kappa shape index (κ3) is 5.09. The van der Waals surface area contributed by atoms with Gasteiger partial charge in [-0.1, -0.05) is 117 Å². The first-order valence-corrected chi connectivity index (χ1v) is 20.4. The summed E-state index contributed by atoms with van der Waals surface area (Å²) in [4.78, 5) is 2.51. The lowest BCUT2D eigenvalue weighted by atomic mass is 9.73. The number of aromatic nitrogens is 3. The van der Waals surface area contributed by atoms with E-state index in [1.807, 2.05) is 0 Å². The van der Waals surface area contributed by atoms with Crippen molar-refractivity contribution in [3.8, 4) is 28.2 Å². The van der Waals surface area contributed by atoms with E-state index in [1.54, 1.807) is 0 Å². The third-order valence-corrected chi connectivity index (χ3v) is 12.6. The van der Waals surface area contributed by atoms with Gasteiger partial charge in [-0.25, -0.2) is 0 Å². The second kappa shape index (κ2) is 12.7. The van der Waals surface area contributed by atoms with Crippen LogP contribution in [0.4, 0.5) is 17.1 Å². The van der Waals surface area contributed by atoms with Crippen LogP contribution in [-0.2, 0) is 5.41 Å². The quantitative estimate of drug-likeness (QED) is 0.171. The molecule has 0 spiro atoms. The summed E-state index contributed by atoms with van der Waals surface area (Å²) < 4.78 is 7.10. The Morgan fingerprint density at radius 2 is 0.949 bits per heavy atom. The highest BCUT2D eigenvalue weighted by Crippen LogP contribution is 2.54. The minimum atomic E-state index is -0.242. The highest BCUT2D eigenvalue weighted by atomic mass is 15.2. The van der Waals surface area contributed by atoms with Crippen molar-refractivity contribution >= 4 is 60.7 Å². The van der Waals surface area contributed by atoms with Crippen molar-refractivity contribution in [1.82, 2.24) is 13.7 Å². The molecule has 0 amide bonds. The molecule has 0 atom stereocenters. The number of fused-ring (bicyclic) bond motifs is 7. The molecule has 11 aromatic rings. The van der Waals surface area contributed by atoms with Crippen LogP contribution < -0.4 is 4.90 Å². The summed E-state index contributed by atoms with van der Waals surface area (Å²) in [6.45, 7) is 4.75. The Morgan fingerprint density at radius 3 is 1.68 bits per heavy atom. The molecule has 0 N–H and O–H groups in total. The van der Waals surface area contributed by atoms with Gasteiger partial charge in [0.25, 0.3) is 0 Å². The van der Waals surface area contributed by atoms with E-state index >= 15 is 0 Å². The zero-order chi connectivity index (χ0) is 39.2. The van der Waals surface area contributed by atoms with Gasteiger partial charge in [0.2, 0.25) is 0 Å². The topological polar surface area (TPSA) is 18.0 Å². The molecule has 1 aliphatic rings. The minimum Gasteiger partial charge on any atom is -0.317 e. The lowest BCUT2D eigenvalue weighted by Gasteiger charge is -2.42. The molecule has 4 heteroatoms. The number of para-hydroxylation sites is 4. The first-order valence-electron chi connectivity index (χ1n) is 20.4. The van der Waals surface area contributed by atoms with Gasteiger partial charge in [0.05, 0.1) is 33.4 Å². The molecule has 3 aromatic heterocycles. The highest BCUT2D eigenvalue weighted by Gasteiger charge is 2.37. The number of hydrogen-bond acceptors (Lipinski definition) is 1. The molecular formula is C55H40N4. The Labute approximate surface area is 343 Å². The summed E-state index contributed by atoms with van der Waals surface area (Å²) in [6, 6.07) is 71.2. The van der Waals surface area contributed by atoms with E-state index in [0.29, 0.717) is 0 Å². The fraction of sp³-hybridized carbons (Fsp3) is 0.0545. The van der Waals surface area contributed by atoms with E-state index in [9.17, 15) is 0 Å². The van der Waals surface area contributed by atoms with Gasteiger partial charge in [-0.3, -0.25) is 0 Å². The van der Waals surface area contributed by atoms with E-state index in [1.165, 1.54) is 71.7 Å². The summed E-state index contributed by atoms with van der Waals surface area (Å²) >= 11 is 0. The second-order valence-electron chi connectivity index (χ2n) is 16.3. The normalized spacial score (nSPS) is 13.4. The number of benzene rings is 8. The van der Waals surface area contributed by atoms with Crippen LogP contribution in [0.15, 0.2) is 207 Å². The molecule has 280 valence electrons. The molecule has 4 heterocycles. The Kier molecular flexibility index (Phi) is 7.24. The van der Waals surface area contributed by atoms with Crippen LogP contribution in [0, 0.1) is 0 Å². The van der Waals surface area contributed by atoms with Crippen LogP contribution in [0.3, 0.4) is 0 Å². The van der Waals surface area contributed by atoms with Crippen molar-refractivity contribution in [2.75, 3.05) is 4.90 Å². The van der Waals surface area contributed by atoms with Crippen molar-refractivity contribution in [2.45, 2.75) is 19.3 Å². The Morgan fingerprint density at radius 1 is 0.356 bits per heavy atom. The summed E-state index contributed by atoms with van der Waals surface area (Å²) in [5.41, 5.74) is 16.4. The van der Waals surface area contributed by atoms with E-state index in [-0.39, 0.29) is 5.41 Å². The van der Waals surface area contributed by atoms with Crippen molar-refractivity contribution < 1.29 is 0 Å². The van der Waals surface area contributed by atoms with E-state index < -0.39 is 0 Å². The van der Waals surface area contributed by atoms with Crippen molar-refractivity contribution in [3.63, 3.8) is 0 Å². The number of nitrogens with zero attached hydrogens (tertiary/aromatic N) is 4. The van der Waals surface area contributed by atoms with Crippen LogP contribution in [0.2, 0.25) is 0 Å². The zero-order valence-corrected chi connectivity index (χ0v) is 32.9. The van der Waals surface area contributed by atoms with Gasteiger partial charge in [-0.2, -0.15) is 0 Å². The third-order valence-electron chi connectivity index (χ3n) is 12.6. The molecule has 4 nitrogen and oxygen atoms in total. The van der Waals surface area contributed by atoms with Crippen LogP contribution >= 0.6 is 0 Å². The molecule has 0 aliphatic carbocycles. The molecule has 8 aromatic carbocycles. The Hall–Kier alpha value is -7.56. The molecule has 0 unspecified atom stereocenters. The number of anilines is 3. The monoisotopic (exact) mass is 756 g/mol. The van der Waals surface area contributed by atoms with Gasteiger partial charge in [0.1, 0.15) is 0 Å². The summed E-state index contributed by atoms with van der Waals surface area (Å²) in [5, 5.41) is 4.91. The maximum atomic E-state index is 2.51. The average Bonchev–Trinajstić information content (AvgIpc) is 3.99. The van der Waals surface area contributed by atoms with Crippen LogP contribution in [0.1, 0.15) is 25.0 Å². The summed E-state index contributed by atoms with van der Waals surface area (Å²) in [7, 11) is 0. The molecule has 0 radical (unpaired) electrons. The minimum absolute atomic E-state index is 0.242. The highest BCUT2D eigenvalue weighted by molar-refractivity contribution is 6.13. The first-order chi connectivity index (χ1) is 29.0. The van der Waals surface area contributed by atoms with Crippen LogP contribution in [0.5, 0.6) is 0 Å². The average molecular weight is 757 g/mol. The van der Waals surface area contributed by atoms with E-state index in [0.717, 1.165) is 28.3 Å². The molecule has 59 heavy (non-hydrogen) atoms. The van der Waals surface area contributed by atoms with Crippen molar-refractivity contribution in [3.05, 3.63) is 218 Å². The van der Waals surface area contributed by atoms with E-state index in [4.69, 9.17) is 0 Å². The van der Waals surface area contributed by atoms with Crippen molar-refractivity contribution in [2.24, 2.45) is 0 Å². The van der Waals surface area contributed by atoms with Crippen LogP contribution in [-0.4, -0.2) is 13.7 Å². The van der Waals surface area contributed by atoms with Crippen LogP contribution in [0.25, 0.3) is 71.8 Å². The lowest BCUT2D eigenvalue weighted by molar-refractivity contribution is 0.632. The zero-order valence-electron chi connectivity index (χ0n) is 32.9. The first kappa shape index (κ1) is 33.6. The maximum Gasteiger partial charge on any atom is 0.0562 e. The predicted molar refractivity (Wildman–Crippen MR) is 247 cm³/mol. The van der Waals surface area contributed by atoms with Gasteiger partial charge < -0.3 is 18.6 Å². The van der Waals surface area contributed by atoms with Gasteiger partial charge in [-0.05, 0) is 113 Å². The molecule has 0 fully saturated rings. The number of rotatable bonds is 5. The summed E-state index contributed by atoms with van der Waals surface area (Å²) in [6.07, 6.45) is 4.40. The predicted octanol–water partition coefficient (Wildman–Crippen LogP) is 14.4. The Bertz CT molecular complexity index is 3400. The maximum absolute atomic E-state index is 2.51. The van der Waals surface area contributed by atoms with Gasteiger partial charge >= 0.3 is 0 Å². The van der Waals surface area contributed by atoms with Gasteiger partial charge in [-0.15, -0.1) is 0 Å². The molecule has 1 aliphatic heterocycles. The lowest BCUT2D eigenvalue weighted by Crippen LogP contribution is -2.30. The Balaban J connectivity index is 1.14. The molecule has 12 rings (SSSR count). The molecule has 0 bridgehead atoms. The molecule has 0 saturated heterocycles. The molecular weight excluding hydrogens is 717 g/mol. The summed E-state index contributed by atoms with van der Waals surface area (Å²) in [5.74, 6) is 0. The van der Waals surface area contributed by atoms with Gasteiger partial charge in [0, 0.05) is 62.1 Å². The fourth-order valence-corrected chi connectivity index (χ4v) is 9.76. The smallest absolute Gasteiger partial charge is 0.0562 e. The molecule has 0 saturated carbocycles. The SMILES string of the molecule is CC1(C)c2ccccc2N(c2cc(-c3ccccc3)cc(-n3c4ccccc4c4cc5ccn(-c6ccccc6)c5cc43)c2)c2cc3ccn(-c4ccccc4)c3cc21. The largest absolute Gasteiger partial charge is 0.317 e. The van der Waals surface area contributed by atoms with E-state index in [2.05, 4.69) is 239 Å².